The van der Waals surface area contributed by atoms with E-state index in [1.165, 1.54) is 11.1 Å². The second-order valence-electron chi connectivity index (χ2n) is 6.11. The Balaban J connectivity index is 2.07. The molecular formula is C22H18N2. The molecule has 4 rings (SSSR count). The Kier molecular flexibility index (Phi) is 3.58. The molecule has 0 saturated carbocycles. The molecule has 0 bridgehead atoms. The number of rotatable bonds is 2. The Bertz CT molecular complexity index is 1020. The maximum atomic E-state index is 4.57. The molecule has 1 aromatic heterocycles. The maximum absolute atomic E-state index is 4.57. The van der Waals surface area contributed by atoms with Crippen LogP contribution >= 0.6 is 0 Å². The van der Waals surface area contributed by atoms with Crippen molar-refractivity contribution < 1.29 is 0 Å². The predicted octanol–water partition coefficient (Wildman–Crippen LogP) is 5.58. The fourth-order valence-corrected chi connectivity index (χ4v) is 3.04. The summed E-state index contributed by atoms with van der Waals surface area (Å²) in [6, 6.07) is 25.1. The van der Waals surface area contributed by atoms with Crippen molar-refractivity contribution in [3.05, 3.63) is 83.9 Å². The molecule has 24 heavy (non-hydrogen) atoms. The van der Waals surface area contributed by atoms with Crippen LogP contribution in [0, 0.1) is 13.8 Å². The van der Waals surface area contributed by atoms with Crippen molar-refractivity contribution >= 4 is 10.9 Å². The molecule has 0 aliphatic rings. The van der Waals surface area contributed by atoms with E-state index >= 15 is 0 Å². The number of hydrogen-bond acceptors (Lipinski definition) is 2. The smallest absolute Gasteiger partial charge is 0.101 e. The summed E-state index contributed by atoms with van der Waals surface area (Å²) in [5, 5.41) is 10.2. The van der Waals surface area contributed by atoms with Gasteiger partial charge < -0.3 is 0 Å². The van der Waals surface area contributed by atoms with E-state index in [4.69, 9.17) is 0 Å². The molecule has 0 unspecified atom stereocenters. The van der Waals surface area contributed by atoms with Crippen LogP contribution in [0.25, 0.3) is 33.3 Å². The Morgan fingerprint density at radius 2 is 1.38 bits per heavy atom. The monoisotopic (exact) mass is 310 g/mol. The third kappa shape index (κ3) is 2.46. The van der Waals surface area contributed by atoms with Crippen molar-refractivity contribution in [3.8, 4) is 22.4 Å². The van der Waals surface area contributed by atoms with E-state index in [1.54, 1.807) is 0 Å². The zero-order chi connectivity index (χ0) is 16.5. The fourth-order valence-electron chi connectivity index (χ4n) is 3.04. The van der Waals surface area contributed by atoms with Crippen molar-refractivity contribution in [1.82, 2.24) is 10.2 Å². The molecule has 0 N–H and O–H groups in total. The SMILES string of the molecule is Cc1ccc(-c2nnc3ccccc3c2-c2ccccc2)cc1C. The normalized spacial score (nSPS) is 10.9. The largest absolute Gasteiger partial charge is 0.150 e. The van der Waals surface area contributed by atoms with Gasteiger partial charge in [0.05, 0.1) is 5.52 Å². The van der Waals surface area contributed by atoms with Gasteiger partial charge >= 0.3 is 0 Å². The zero-order valence-electron chi connectivity index (χ0n) is 13.8. The van der Waals surface area contributed by atoms with Gasteiger partial charge in [0.1, 0.15) is 5.69 Å². The summed E-state index contributed by atoms with van der Waals surface area (Å²) in [4.78, 5) is 0. The first kappa shape index (κ1) is 14.6. The summed E-state index contributed by atoms with van der Waals surface area (Å²) >= 11 is 0. The standard InChI is InChI=1S/C22H18N2/c1-15-12-13-18(14-16(15)2)22-21(17-8-4-3-5-9-17)19-10-6-7-11-20(19)23-24-22/h3-14H,1-2H3. The fraction of sp³-hybridized carbons (Fsp3) is 0.0909. The van der Waals surface area contributed by atoms with E-state index in [0.717, 1.165) is 33.3 Å². The summed E-state index contributed by atoms with van der Waals surface area (Å²) in [6.07, 6.45) is 0. The molecule has 116 valence electrons. The molecule has 0 radical (unpaired) electrons. The average molecular weight is 310 g/mol. The lowest BCUT2D eigenvalue weighted by Crippen LogP contribution is -1.96. The minimum absolute atomic E-state index is 0.920. The lowest BCUT2D eigenvalue weighted by atomic mass is 9.94. The molecule has 0 spiro atoms. The Morgan fingerprint density at radius 1 is 0.625 bits per heavy atom. The highest BCUT2D eigenvalue weighted by Crippen LogP contribution is 2.35. The van der Waals surface area contributed by atoms with Crippen molar-refractivity contribution in [3.63, 3.8) is 0 Å². The molecule has 2 nitrogen and oxygen atoms in total. The van der Waals surface area contributed by atoms with Crippen molar-refractivity contribution in [2.24, 2.45) is 0 Å². The first-order chi connectivity index (χ1) is 11.7. The average Bonchev–Trinajstić information content (AvgIpc) is 2.64. The summed E-state index contributed by atoms with van der Waals surface area (Å²) in [6.45, 7) is 4.26. The third-order valence-electron chi connectivity index (χ3n) is 4.51. The van der Waals surface area contributed by atoms with Gasteiger partial charge in [-0.2, -0.15) is 0 Å². The van der Waals surface area contributed by atoms with Gasteiger partial charge in [-0.05, 0) is 42.7 Å². The van der Waals surface area contributed by atoms with Crippen LogP contribution in [0.3, 0.4) is 0 Å². The number of fused-ring (bicyclic) bond motifs is 1. The molecule has 3 aromatic carbocycles. The van der Waals surface area contributed by atoms with Gasteiger partial charge in [-0.15, -0.1) is 10.2 Å². The lowest BCUT2D eigenvalue weighted by Gasteiger charge is -2.13. The van der Waals surface area contributed by atoms with E-state index in [0.29, 0.717) is 0 Å². The summed E-state index contributed by atoms with van der Waals surface area (Å²) < 4.78 is 0. The van der Waals surface area contributed by atoms with Crippen LogP contribution < -0.4 is 0 Å². The summed E-state index contributed by atoms with van der Waals surface area (Å²) in [5.41, 5.74) is 7.82. The van der Waals surface area contributed by atoms with Crippen LogP contribution in [0.2, 0.25) is 0 Å². The quantitative estimate of drug-likeness (QED) is 0.483. The molecule has 2 heteroatoms. The first-order valence-corrected chi connectivity index (χ1v) is 8.12. The second-order valence-corrected chi connectivity index (χ2v) is 6.11. The van der Waals surface area contributed by atoms with Gasteiger partial charge in [-0.3, -0.25) is 0 Å². The van der Waals surface area contributed by atoms with Crippen molar-refractivity contribution in [2.45, 2.75) is 13.8 Å². The van der Waals surface area contributed by atoms with Gasteiger partial charge in [0.25, 0.3) is 0 Å². The maximum Gasteiger partial charge on any atom is 0.101 e. The van der Waals surface area contributed by atoms with Crippen LogP contribution in [0.5, 0.6) is 0 Å². The third-order valence-corrected chi connectivity index (χ3v) is 4.51. The Hall–Kier alpha value is -3.00. The molecule has 0 fully saturated rings. The van der Waals surface area contributed by atoms with Crippen molar-refractivity contribution in [2.75, 3.05) is 0 Å². The molecule has 0 saturated heterocycles. The number of benzene rings is 3. The van der Waals surface area contributed by atoms with E-state index in [-0.39, 0.29) is 0 Å². The van der Waals surface area contributed by atoms with Crippen LogP contribution in [0.4, 0.5) is 0 Å². The summed E-state index contributed by atoms with van der Waals surface area (Å²) in [7, 11) is 0. The predicted molar refractivity (Wildman–Crippen MR) is 99.9 cm³/mol. The second kappa shape index (κ2) is 5.89. The van der Waals surface area contributed by atoms with Gasteiger partial charge in [0.2, 0.25) is 0 Å². The molecule has 0 aliphatic heterocycles. The number of aryl methyl sites for hydroxylation is 2. The van der Waals surface area contributed by atoms with Crippen molar-refractivity contribution in [1.29, 1.82) is 0 Å². The Morgan fingerprint density at radius 3 is 2.17 bits per heavy atom. The lowest BCUT2D eigenvalue weighted by molar-refractivity contribution is 1.08. The topological polar surface area (TPSA) is 25.8 Å². The van der Waals surface area contributed by atoms with E-state index < -0.39 is 0 Å². The molecule has 0 amide bonds. The van der Waals surface area contributed by atoms with E-state index in [2.05, 4.69) is 78.6 Å². The molecule has 0 atom stereocenters. The number of aromatic nitrogens is 2. The van der Waals surface area contributed by atoms with Crippen LogP contribution in [0.1, 0.15) is 11.1 Å². The highest BCUT2D eigenvalue weighted by molar-refractivity contribution is 6.00. The van der Waals surface area contributed by atoms with Gasteiger partial charge in [-0.1, -0.05) is 60.7 Å². The first-order valence-electron chi connectivity index (χ1n) is 8.12. The number of hydrogen-bond donors (Lipinski definition) is 0. The van der Waals surface area contributed by atoms with E-state index in [1.807, 2.05) is 18.2 Å². The highest BCUT2D eigenvalue weighted by Gasteiger charge is 2.14. The Labute approximate surface area is 141 Å². The molecule has 0 aliphatic carbocycles. The van der Waals surface area contributed by atoms with Crippen LogP contribution in [-0.4, -0.2) is 10.2 Å². The number of nitrogens with zero attached hydrogens (tertiary/aromatic N) is 2. The molecular weight excluding hydrogens is 292 g/mol. The summed E-state index contributed by atoms with van der Waals surface area (Å²) in [5.74, 6) is 0. The van der Waals surface area contributed by atoms with Gasteiger partial charge in [0.15, 0.2) is 0 Å². The minimum Gasteiger partial charge on any atom is -0.150 e. The van der Waals surface area contributed by atoms with E-state index in [9.17, 15) is 0 Å². The van der Waals surface area contributed by atoms with Gasteiger partial charge in [-0.25, -0.2) is 0 Å². The highest BCUT2D eigenvalue weighted by atomic mass is 15.1. The molecule has 4 aromatic rings. The van der Waals surface area contributed by atoms with Crippen LogP contribution in [0.15, 0.2) is 72.8 Å². The minimum atomic E-state index is 0.920. The molecule has 1 heterocycles. The zero-order valence-corrected chi connectivity index (χ0v) is 13.8. The van der Waals surface area contributed by atoms with Gasteiger partial charge in [0, 0.05) is 16.5 Å². The van der Waals surface area contributed by atoms with Crippen LogP contribution in [-0.2, 0) is 0 Å².